The third-order valence-electron chi connectivity index (χ3n) is 3.14. The molecule has 0 bridgehead atoms. The molecule has 1 aliphatic heterocycles. The van der Waals surface area contributed by atoms with E-state index in [1.165, 1.54) is 0 Å². The number of phosphoric ester groups is 1. The van der Waals surface area contributed by atoms with Gasteiger partial charge in [-0.25, -0.2) is 4.57 Å². The zero-order chi connectivity index (χ0) is 17.8. The largest absolute Gasteiger partial charge is 0.470 e. The van der Waals surface area contributed by atoms with Gasteiger partial charge in [0.15, 0.2) is 6.29 Å². The highest BCUT2D eigenvalue weighted by Gasteiger charge is 2.48. The summed E-state index contributed by atoms with van der Waals surface area (Å²) in [4.78, 5) is 17.6. The Labute approximate surface area is 130 Å². The quantitative estimate of drug-likeness (QED) is 0.183. The first-order chi connectivity index (χ1) is 10.6. The number of aliphatic hydroxyl groups excluding tert-OH is 6. The van der Waals surface area contributed by atoms with Crippen molar-refractivity contribution in [2.75, 3.05) is 19.8 Å². The van der Waals surface area contributed by atoms with Crippen LogP contribution in [0.25, 0.3) is 0 Å². The van der Waals surface area contributed by atoms with E-state index in [1.54, 1.807) is 0 Å². The average molecular weight is 364 g/mol. The molecule has 1 aliphatic rings. The number of hydrogen-bond acceptors (Lipinski definition) is 10. The molecular weight excluding hydrogens is 343 g/mol. The minimum atomic E-state index is -5.00. The van der Waals surface area contributed by atoms with Crippen molar-refractivity contribution in [1.29, 1.82) is 0 Å². The van der Waals surface area contributed by atoms with E-state index in [0.29, 0.717) is 0 Å². The molecule has 1 heterocycles. The highest BCUT2D eigenvalue weighted by Crippen LogP contribution is 2.42. The third kappa shape index (κ3) is 5.98. The number of ether oxygens (including phenoxy) is 2. The van der Waals surface area contributed by atoms with E-state index >= 15 is 0 Å². The van der Waals surface area contributed by atoms with Crippen molar-refractivity contribution in [2.45, 2.75) is 42.9 Å². The molecule has 7 atom stereocenters. The Balaban J connectivity index is 2.66. The van der Waals surface area contributed by atoms with Gasteiger partial charge in [-0.1, -0.05) is 0 Å². The first-order valence-electron chi connectivity index (χ1n) is 6.55. The molecule has 1 fully saturated rings. The molecule has 0 saturated carbocycles. The van der Waals surface area contributed by atoms with Gasteiger partial charge in [-0.15, -0.1) is 0 Å². The summed E-state index contributed by atoms with van der Waals surface area (Å²) in [5, 5.41) is 55.6. The Morgan fingerprint density at radius 2 is 1.74 bits per heavy atom. The van der Waals surface area contributed by atoms with E-state index in [4.69, 9.17) is 34.6 Å². The maximum Gasteiger partial charge on any atom is 0.470 e. The van der Waals surface area contributed by atoms with Crippen LogP contribution in [0.2, 0.25) is 0 Å². The Bertz CT molecular complexity index is 401. The van der Waals surface area contributed by atoms with Gasteiger partial charge in [0.1, 0.15) is 36.6 Å². The molecule has 1 rings (SSSR count). The number of aliphatic hydroxyl groups is 6. The summed E-state index contributed by atoms with van der Waals surface area (Å²) in [6, 6.07) is 0. The van der Waals surface area contributed by atoms with Gasteiger partial charge in [-0.05, 0) is 0 Å². The van der Waals surface area contributed by atoms with Crippen LogP contribution in [0.4, 0.5) is 0 Å². The molecule has 0 aromatic rings. The summed E-state index contributed by atoms with van der Waals surface area (Å²) < 4.78 is 25.2. The molecule has 0 aromatic carbocycles. The van der Waals surface area contributed by atoms with Crippen molar-refractivity contribution in [3.8, 4) is 0 Å². The highest BCUT2D eigenvalue weighted by atomic mass is 31.2. The highest BCUT2D eigenvalue weighted by molar-refractivity contribution is 7.46. The molecule has 8 N–H and O–H groups in total. The van der Waals surface area contributed by atoms with Crippen molar-refractivity contribution >= 4 is 7.82 Å². The molecule has 13 heteroatoms. The first kappa shape index (κ1) is 20.8. The fourth-order valence-electron chi connectivity index (χ4n) is 1.91. The minimum Gasteiger partial charge on any atom is -0.394 e. The van der Waals surface area contributed by atoms with Gasteiger partial charge in [0.2, 0.25) is 0 Å². The lowest BCUT2D eigenvalue weighted by atomic mass is 10.1. The number of hydrogen-bond donors (Lipinski definition) is 8. The van der Waals surface area contributed by atoms with Crippen LogP contribution in [0, 0.1) is 0 Å². The maximum atomic E-state index is 10.9. The maximum absolute atomic E-state index is 10.9. The van der Waals surface area contributed by atoms with Crippen LogP contribution in [-0.2, 0) is 18.6 Å². The summed E-state index contributed by atoms with van der Waals surface area (Å²) in [7, 11) is -5.00. The molecule has 0 aromatic heterocycles. The predicted molar refractivity (Wildman–Crippen MR) is 69.7 cm³/mol. The van der Waals surface area contributed by atoms with Gasteiger partial charge in [-0.2, -0.15) is 0 Å². The zero-order valence-electron chi connectivity index (χ0n) is 11.8. The Morgan fingerprint density at radius 3 is 2.22 bits per heavy atom. The molecule has 138 valence electrons. The van der Waals surface area contributed by atoms with E-state index in [9.17, 15) is 19.9 Å². The van der Waals surface area contributed by atoms with Gasteiger partial charge in [0, 0.05) is 0 Å². The summed E-state index contributed by atoms with van der Waals surface area (Å²) >= 11 is 0. The van der Waals surface area contributed by atoms with Gasteiger partial charge in [0.25, 0.3) is 0 Å². The average Bonchev–Trinajstić information content (AvgIpc) is 2.77. The van der Waals surface area contributed by atoms with Gasteiger partial charge >= 0.3 is 7.82 Å². The Kier molecular flexibility index (Phi) is 7.93. The van der Waals surface area contributed by atoms with Gasteiger partial charge in [0.05, 0.1) is 19.8 Å². The molecule has 23 heavy (non-hydrogen) atoms. The monoisotopic (exact) mass is 364 g/mol. The lowest BCUT2D eigenvalue weighted by Gasteiger charge is -2.25. The summed E-state index contributed by atoms with van der Waals surface area (Å²) in [5.74, 6) is 0. The van der Waals surface area contributed by atoms with Crippen LogP contribution in [0.15, 0.2) is 0 Å². The van der Waals surface area contributed by atoms with Crippen LogP contribution in [-0.4, -0.2) is 103 Å². The zero-order valence-corrected chi connectivity index (χ0v) is 12.7. The van der Waals surface area contributed by atoms with Crippen LogP contribution in [0.5, 0.6) is 0 Å². The molecular formula is C10H21O12P. The first-order valence-corrected chi connectivity index (χ1v) is 8.08. The summed E-state index contributed by atoms with van der Waals surface area (Å²) in [6.45, 7) is -2.17. The smallest absolute Gasteiger partial charge is 0.394 e. The van der Waals surface area contributed by atoms with Crippen molar-refractivity contribution in [3.63, 3.8) is 0 Å². The van der Waals surface area contributed by atoms with Crippen LogP contribution in [0.1, 0.15) is 0 Å². The fraction of sp³-hybridized carbons (Fsp3) is 1.00. The molecule has 0 spiro atoms. The van der Waals surface area contributed by atoms with Crippen LogP contribution < -0.4 is 0 Å². The molecule has 0 aliphatic carbocycles. The Morgan fingerprint density at radius 1 is 1.13 bits per heavy atom. The standard InChI is InChI=1S/C10H21O12P/c11-1-4(13)7(15)5(14)3-20-10-9(22-23(17,18)19)8(16)6(2-12)21-10/h4-16H,1-3H2,(H2,17,18,19)/t4?,5?,6-,7?,8+,9?,10-/m1/s1. The summed E-state index contributed by atoms with van der Waals surface area (Å²) in [6.07, 6.45) is -11.1. The van der Waals surface area contributed by atoms with E-state index in [1.807, 2.05) is 0 Å². The molecule has 1 saturated heterocycles. The number of rotatable bonds is 9. The van der Waals surface area contributed by atoms with E-state index in [0.717, 1.165) is 0 Å². The molecule has 12 nitrogen and oxygen atoms in total. The van der Waals surface area contributed by atoms with Crippen molar-refractivity contribution in [2.24, 2.45) is 0 Å². The van der Waals surface area contributed by atoms with Crippen molar-refractivity contribution in [1.82, 2.24) is 0 Å². The van der Waals surface area contributed by atoms with Gasteiger partial charge in [-0.3, -0.25) is 4.52 Å². The second-order valence-corrected chi connectivity index (χ2v) is 6.11. The topological polar surface area (TPSA) is 207 Å². The van der Waals surface area contributed by atoms with Gasteiger partial charge < -0.3 is 49.9 Å². The fourth-order valence-corrected chi connectivity index (χ4v) is 2.46. The van der Waals surface area contributed by atoms with Crippen molar-refractivity contribution in [3.05, 3.63) is 0 Å². The lowest BCUT2D eigenvalue weighted by molar-refractivity contribution is -0.192. The van der Waals surface area contributed by atoms with E-state index in [2.05, 4.69) is 4.52 Å². The SMILES string of the molecule is O=P(O)(O)OC1[C@H](OCC(O)C(O)C(O)CO)O[C@H](CO)[C@@H]1O. The minimum absolute atomic E-state index is 0.672. The normalized spacial score (nSPS) is 32.7. The van der Waals surface area contributed by atoms with Crippen molar-refractivity contribution < 1.29 is 59.0 Å². The van der Waals surface area contributed by atoms with E-state index < -0.39 is 70.6 Å². The molecule has 4 unspecified atom stereocenters. The van der Waals surface area contributed by atoms with E-state index in [-0.39, 0.29) is 0 Å². The molecule has 0 amide bonds. The summed E-state index contributed by atoms with van der Waals surface area (Å²) in [5.41, 5.74) is 0. The second-order valence-electron chi connectivity index (χ2n) is 4.92. The molecule has 0 radical (unpaired) electrons. The number of phosphoric acid groups is 1. The second kappa shape index (κ2) is 8.76. The Hall–Kier alpha value is -0.210. The predicted octanol–water partition coefficient (Wildman–Crippen LogP) is -4.37. The third-order valence-corrected chi connectivity index (χ3v) is 3.66. The lowest BCUT2D eigenvalue weighted by Crippen LogP contribution is -2.43. The van der Waals surface area contributed by atoms with Crippen LogP contribution in [0.3, 0.4) is 0 Å². The van der Waals surface area contributed by atoms with Crippen LogP contribution >= 0.6 is 7.82 Å².